The maximum Gasteiger partial charge on any atom is 0.257 e. The van der Waals surface area contributed by atoms with Crippen molar-refractivity contribution in [3.63, 3.8) is 0 Å². The van der Waals surface area contributed by atoms with Gasteiger partial charge in [0, 0.05) is 38.0 Å². The highest BCUT2D eigenvalue weighted by atomic mass is 16.3. The summed E-state index contributed by atoms with van der Waals surface area (Å²) >= 11 is 0. The van der Waals surface area contributed by atoms with E-state index in [1.165, 1.54) is 0 Å². The van der Waals surface area contributed by atoms with Gasteiger partial charge in [-0.2, -0.15) is 0 Å². The van der Waals surface area contributed by atoms with Gasteiger partial charge in [0.2, 0.25) is 5.91 Å². The van der Waals surface area contributed by atoms with Gasteiger partial charge in [-0.1, -0.05) is 26.0 Å². The smallest absolute Gasteiger partial charge is 0.257 e. The van der Waals surface area contributed by atoms with Crippen molar-refractivity contribution < 1.29 is 14.7 Å². The predicted molar refractivity (Wildman–Crippen MR) is 101 cm³/mol. The van der Waals surface area contributed by atoms with Gasteiger partial charge in [0.25, 0.3) is 5.91 Å². The van der Waals surface area contributed by atoms with Crippen LogP contribution in [0.4, 0.5) is 0 Å². The Morgan fingerprint density at radius 3 is 2.73 bits per heavy atom. The molecule has 2 fully saturated rings. The summed E-state index contributed by atoms with van der Waals surface area (Å²) in [7, 11) is 0. The molecule has 3 rings (SSSR count). The Balaban J connectivity index is 1.71. The normalized spacial score (nSPS) is 23.7. The van der Waals surface area contributed by atoms with Crippen molar-refractivity contribution >= 4 is 11.8 Å². The second-order valence-electron chi connectivity index (χ2n) is 8.35. The Morgan fingerprint density at radius 1 is 1.23 bits per heavy atom. The molecule has 1 spiro atoms. The summed E-state index contributed by atoms with van der Waals surface area (Å²) in [6, 6.07) is 6.74. The zero-order valence-corrected chi connectivity index (χ0v) is 15.9. The highest BCUT2D eigenvalue weighted by Crippen LogP contribution is 2.39. The predicted octanol–water partition coefficient (Wildman–Crippen LogP) is 3.28. The zero-order valence-electron chi connectivity index (χ0n) is 15.9. The van der Waals surface area contributed by atoms with Crippen molar-refractivity contribution in [1.29, 1.82) is 0 Å². The van der Waals surface area contributed by atoms with E-state index in [2.05, 4.69) is 13.8 Å². The minimum Gasteiger partial charge on any atom is -0.507 e. The van der Waals surface area contributed by atoms with Crippen LogP contribution in [0.25, 0.3) is 0 Å². The summed E-state index contributed by atoms with van der Waals surface area (Å²) in [6.07, 6.45) is 4.46. The number of hydrogen-bond acceptors (Lipinski definition) is 3. The molecule has 2 saturated heterocycles. The van der Waals surface area contributed by atoms with Gasteiger partial charge in [0.1, 0.15) is 5.75 Å². The Bertz CT molecular complexity index is 673. The summed E-state index contributed by atoms with van der Waals surface area (Å²) in [5.74, 6) is 0.758. The first-order chi connectivity index (χ1) is 12.4. The highest BCUT2D eigenvalue weighted by Gasteiger charge is 2.42. The van der Waals surface area contributed by atoms with Crippen LogP contribution in [0.5, 0.6) is 5.75 Å². The fraction of sp³-hybridized carbons (Fsp3) is 0.619. The van der Waals surface area contributed by atoms with Crippen LogP contribution < -0.4 is 0 Å². The number of para-hydroxylation sites is 1. The standard InChI is InChI=1S/C21H30N2O3/c1-16(2)9-13-22-14-21(11-8-19(22)25)10-5-12-23(15-21)20(26)17-6-3-4-7-18(17)24/h3-4,6-7,16,24H,5,8-15H2,1-2H3/t21-/m0/s1. The molecular formula is C21H30N2O3. The number of carbonyl (C=O) groups is 2. The van der Waals surface area contributed by atoms with Crippen molar-refractivity contribution in [3.05, 3.63) is 29.8 Å². The summed E-state index contributed by atoms with van der Waals surface area (Å²) in [5.41, 5.74) is 0.372. The highest BCUT2D eigenvalue weighted by molar-refractivity contribution is 5.96. The number of amides is 2. The van der Waals surface area contributed by atoms with Crippen LogP contribution in [-0.4, -0.2) is 52.9 Å². The fourth-order valence-electron chi connectivity index (χ4n) is 4.26. The lowest BCUT2D eigenvalue weighted by molar-refractivity contribution is -0.139. The zero-order chi connectivity index (χ0) is 18.7. The molecule has 0 aromatic heterocycles. The van der Waals surface area contributed by atoms with Crippen LogP contribution in [0.1, 0.15) is 56.3 Å². The van der Waals surface area contributed by atoms with E-state index in [0.29, 0.717) is 24.4 Å². The number of phenols is 1. The van der Waals surface area contributed by atoms with Crippen molar-refractivity contribution in [2.75, 3.05) is 26.2 Å². The molecule has 0 saturated carbocycles. The van der Waals surface area contributed by atoms with E-state index in [0.717, 1.165) is 45.3 Å². The van der Waals surface area contributed by atoms with Crippen molar-refractivity contribution in [2.24, 2.45) is 11.3 Å². The van der Waals surface area contributed by atoms with Gasteiger partial charge < -0.3 is 14.9 Å². The Morgan fingerprint density at radius 2 is 2.00 bits per heavy atom. The van der Waals surface area contributed by atoms with E-state index >= 15 is 0 Å². The number of likely N-dealkylation sites (tertiary alicyclic amines) is 2. The van der Waals surface area contributed by atoms with Crippen molar-refractivity contribution in [1.82, 2.24) is 9.80 Å². The van der Waals surface area contributed by atoms with Crippen LogP contribution in [0.3, 0.4) is 0 Å². The minimum absolute atomic E-state index is 0.00317. The Hall–Kier alpha value is -2.04. The quantitative estimate of drug-likeness (QED) is 0.898. The molecule has 5 nitrogen and oxygen atoms in total. The number of nitrogens with zero attached hydrogens (tertiary/aromatic N) is 2. The second kappa shape index (κ2) is 7.68. The molecule has 2 heterocycles. The van der Waals surface area contributed by atoms with E-state index < -0.39 is 0 Å². The first-order valence-electron chi connectivity index (χ1n) is 9.75. The summed E-state index contributed by atoms with van der Waals surface area (Å²) < 4.78 is 0. The number of rotatable bonds is 4. The molecule has 5 heteroatoms. The van der Waals surface area contributed by atoms with E-state index in [1.54, 1.807) is 24.3 Å². The maximum atomic E-state index is 12.9. The van der Waals surface area contributed by atoms with Gasteiger partial charge in [0.05, 0.1) is 5.56 Å². The number of phenolic OH excluding ortho intramolecular Hbond substituents is 1. The average Bonchev–Trinajstić information content (AvgIpc) is 2.63. The Labute approximate surface area is 156 Å². The number of carbonyl (C=O) groups excluding carboxylic acids is 2. The molecule has 2 amide bonds. The van der Waals surface area contributed by atoms with E-state index in [-0.39, 0.29) is 23.0 Å². The summed E-state index contributed by atoms with van der Waals surface area (Å²) in [4.78, 5) is 29.1. The molecule has 2 aliphatic rings. The van der Waals surface area contributed by atoms with Gasteiger partial charge >= 0.3 is 0 Å². The summed E-state index contributed by atoms with van der Waals surface area (Å²) in [6.45, 7) is 7.31. The van der Waals surface area contributed by atoms with Crippen LogP contribution >= 0.6 is 0 Å². The minimum atomic E-state index is -0.104. The van der Waals surface area contributed by atoms with Crippen LogP contribution in [-0.2, 0) is 4.79 Å². The van der Waals surface area contributed by atoms with Gasteiger partial charge in [-0.3, -0.25) is 9.59 Å². The molecule has 1 N–H and O–H groups in total. The number of benzene rings is 1. The SMILES string of the molecule is CC(C)CCN1C[C@]2(CCCN(C(=O)c3ccccc3O)C2)CCC1=O. The third-order valence-corrected chi connectivity index (χ3v) is 5.81. The molecule has 0 bridgehead atoms. The largest absolute Gasteiger partial charge is 0.507 e. The average molecular weight is 358 g/mol. The molecular weight excluding hydrogens is 328 g/mol. The monoisotopic (exact) mass is 358 g/mol. The second-order valence-corrected chi connectivity index (χ2v) is 8.35. The molecule has 1 aromatic carbocycles. The molecule has 26 heavy (non-hydrogen) atoms. The lowest BCUT2D eigenvalue weighted by atomic mass is 9.73. The van der Waals surface area contributed by atoms with Gasteiger partial charge in [0.15, 0.2) is 0 Å². The lowest BCUT2D eigenvalue weighted by Crippen LogP contribution is -2.55. The van der Waals surface area contributed by atoms with Gasteiger partial charge in [-0.05, 0) is 43.7 Å². The van der Waals surface area contributed by atoms with Crippen LogP contribution in [0.15, 0.2) is 24.3 Å². The maximum absolute atomic E-state index is 12.9. The molecule has 142 valence electrons. The van der Waals surface area contributed by atoms with Crippen LogP contribution in [0, 0.1) is 11.3 Å². The van der Waals surface area contributed by atoms with E-state index in [1.807, 2.05) is 9.80 Å². The molecule has 1 aromatic rings. The fourth-order valence-corrected chi connectivity index (χ4v) is 4.26. The third-order valence-electron chi connectivity index (χ3n) is 5.81. The van der Waals surface area contributed by atoms with Crippen molar-refractivity contribution in [3.8, 4) is 5.75 Å². The molecule has 0 radical (unpaired) electrons. The van der Waals surface area contributed by atoms with E-state index in [9.17, 15) is 14.7 Å². The number of piperidine rings is 2. The Kier molecular flexibility index (Phi) is 5.54. The van der Waals surface area contributed by atoms with Gasteiger partial charge in [-0.25, -0.2) is 0 Å². The summed E-state index contributed by atoms with van der Waals surface area (Å²) in [5, 5.41) is 10.0. The third kappa shape index (κ3) is 4.02. The molecule has 1 atom stereocenters. The number of hydrogen-bond donors (Lipinski definition) is 1. The lowest BCUT2D eigenvalue weighted by Gasteiger charge is -2.48. The van der Waals surface area contributed by atoms with Crippen molar-refractivity contribution in [2.45, 2.75) is 46.0 Å². The van der Waals surface area contributed by atoms with Crippen LogP contribution in [0.2, 0.25) is 0 Å². The van der Waals surface area contributed by atoms with Gasteiger partial charge in [-0.15, -0.1) is 0 Å². The molecule has 0 aliphatic carbocycles. The number of aromatic hydroxyl groups is 1. The first kappa shape index (κ1) is 18.7. The topological polar surface area (TPSA) is 60.9 Å². The first-order valence-corrected chi connectivity index (χ1v) is 9.75. The molecule has 2 aliphatic heterocycles. The van der Waals surface area contributed by atoms with E-state index in [4.69, 9.17) is 0 Å². The molecule has 0 unspecified atom stereocenters.